The topological polar surface area (TPSA) is 39.9 Å². The lowest BCUT2D eigenvalue weighted by Gasteiger charge is -2.20. The molecule has 0 radical (unpaired) electrons. The van der Waals surface area contributed by atoms with Gasteiger partial charge in [0.1, 0.15) is 11.9 Å². The molecule has 3 nitrogen and oxygen atoms in total. The van der Waals surface area contributed by atoms with Crippen LogP contribution >= 0.6 is 0 Å². The van der Waals surface area contributed by atoms with Crippen LogP contribution in [0.15, 0.2) is 54.6 Å². The zero-order valence-corrected chi connectivity index (χ0v) is 11.4. The molecule has 0 N–H and O–H groups in total. The molecule has 2 aromatic carbocycles. The molecule has 1 aromatic heterocycles. The lowest BCUT2D eigenvalue weighted by atomic mass is 10.1. The Hall–Kier alpha value is -2.93. The summed E-state index contributed by atoms with van der Waals surface area (Å²) in [6.07, 6.45) is 0. The van der Waals surface area contributed by atoms with E-state index in [0.29, 0.717) is 17.1 Å². The summed E-state index contributed by atoms with van der Waals surface area (Å²) in [5.41, 5.74) is 1.57. The third-order valence-corrected chi connectivity index (χ3v) is 3.36. The number of anilines is 2. The van der Waals surface area contributed by atoms with E-state index in [1.807, 2.05) is 24.3 Å². The smallest absolute Gasteiger partial charge is 0.151 e. The van der Waals surface area contributed by atoms with Crippen LogP contribution in [0.5, 0.6) is 0 Å². The van der Waals surface area contributed by atoms with Crippen molar-refractivity contribution >= 4 is 22.4 Å². The minimum Gasteiger partial charge on any atom is -0.326 e. The van der Waals surface area contributed by atoms with Gasteiger partial charge in [0.05, 0.1) is 16.8 Å². The molecule has 0 saturated heterocycles. The van der Waals surface area contributed by atoms with Gasteiger partial charge in [-0.15, -0.1) is 0 Å². The molecule has 0 aliphatic rings. The highest BCUT2D eigenvalue weighted by Crippen LogP contribution is 2.29. The van der Waals surface area contributed by atoms with Gasteiger partial charge in [-0.25, -0.2) is 9.37 Å². The third-order valence-electron chi connectivity index (χ3n) is 3.36. The maximum Gasteiger partial charge on any atom is 0.151 e. The summed E-state index contributed by atoms with van der Waals surface area (Å²) in [4.78, 5) is 6.10. The zero-order valence-electron chi connectivity index (χ0n) is 11.4. The number of aromatic nitrogens is 1. The number of nitriles is 1. The zero-order chi connectivity index (χ0) is 14.8. The van der Waals surface area contributed by atoms with Crippen molar-refractivity contribution in [3.8, 4) is 6.07 Å². The van der Waals surface area contributed by atoms with Crippen molar-refractivity contribution in [3.63, 3.8) is 0 Å². The van der Waals surface area contributed by atoms with Crippen LogP contribution in [0.25, 0.3) is 10.9 Å². The van der Waals surface area contributed by atoms with Crippen molar-refractivity contribution in [2.75, 3.05) is 11.9 Å². The van der Waals surface area contributed by atoms with Gasteiger partial charge in [-0.05, 0) is 24.3 Å². The van der Waals surface area contributed by atoms with Gasteiger partial charge >= 0.3 is 0 Å². The van der Waals surface area contributed by atoms with Gasteiger partial charge in [-0.2, -0.15) is 5.26 Å². The molecule has 0 unspecified atom stereocenters. The summed E-state index contributed by atoms with van der Waals surface area (Å²) in [5.74, 6) is 0.0974. The van der Waals surface area contributed by atoms with Crippen molar-refractivity contribution in [1.82, 2.24) is 4.98 Å². The monoisotopic (exact) mass is 277 g/mol. The Morgan fingerprint density at radius 2 is 1.81 bits per heavy atom. The second-order valence-electron chi connectivity index (χ2n) is 4.67. The van der Waals surface area contributed by atoms with Crippen molar-refractivity contribution in [2.24, 2.45) is 0 Å². The predicted octanol–water partition coefficient (Wildman–Crippen LogP) is 4.01. The molecule has 3 rings (SSSR count). The first-order valence-corrected chi connectivity index (χ1v) is 6.49. The first-order valence-electron chi connectivity index (χ1n) is 6.49. The molecular formula is C17H12FN3. The number of halogens is 1. The largest absolute Gasteiger partial charge is 0.326 e. The molecule has 3 aromatic rings. The van der Waals surface area contributed by atoms with E-state index in [-0.39, 0.29) is 5.82 Å². The average Bonchev–Trinajstić information content (AvgIpc) is 2.53. The lowest BCUT2D eigenvalue weighted by Crippen LogP contribution is -2.14. The molecule has 0 atom stereocenters. The molecule has 1 heterocycles. The summed E-state index contributed by atoms with van der Waals surface area (Å²) in [6, 6.07) is 17.9. The van der Waals surface area contributed by atoms with Gasteiger partial charge in [0, 0.05) is 12.4 Å². The van der Waals surface area contributed by atoms with Crippen LogP contribution in [0.1, 0.15) is 5.56 Å². The fourth-order valence-corrected chi connectivity index (χ4v) is 2.28. The van der Waals surface area contributed by atoms with Gasteiger partial charge in [-0.1, -0.05) is 30.3 Å². The highest BCUT2D eigenvalue weighted by Gasteiger charge is 2.15. The Morgan fingerprint density at radius 3 is 2.57 bits per heavy atom. The van der Waals surface area contributed by atoms with Gasteiger partial charge in [-0.3, -0.25) is 0 Å². The second kappa shape index (κ2) is 5.22. The van der Waals surface area contributed by atoms with Gasteiger partial charge in [0.15, 0.2) is 5.82 Å². The number of benzene rings is 2. The van der Waals surface area contributed by atoms with Crippen LogP contribution in [-0.4, -0.2) is 12.0 Å². The summed E-state index contributed by atoms with van der Waals surface area (Å²) >= 11 is 0. The van der Waals surface area contributed by atoms with Gasteiger partial charge < -0.3 is 4.90 Å². The van der Waals surface area contributed by atoms with Crippen LogP contribution in [0, 0.1) is 17.1 Å². The Morgan fingerprint density at radius 1 is 1.10 bits per heavy atom. The summed E-state index contributed by atoms with van der Waals surface area (Å²) in [5, 5.41) is 10.2. The number of hydrogen-bond donors (Lipinski definition) is 0. The maximum atomic E-state index is 13.9. The fourth-order valence-electron chi connectivity index (χ4n) is 2.28. The number of hydrogen-bond acceptors (Lipinski definition) is 3. The summed E-state index contributed by atoms with van der Waals surface area (Å²) in [6.45, 7) is 0. The normalized spacial score (nSPS) is 10.3. The van der Waals surface area contributed by atoms with Crippen LogP contribution in [0.3, 0.4) is 0 Å². The quantitative estimate of drug-likeness (QED) is 0.710. The number of rotatable bonds is 2. The number of nitrogens with zero attached hydrogens (tertiary/aromatic N) is 3. The van der Waals surface area contributed by atoms with E-state index in [1.165, 1.54) is 6.07 Å². The van der Waals surface area contributed by atoms with Crippen molar-refractivity contribution in [1.29, 1.82) is 5.26 Å². The Kier molecular flexibility index (Phi) is 3.25. The maximum absolute atomic E-state index is 13.9. The van der Waals surface area contributed by atoms with Gasteiger partial charge in [0.2, 0.25) is 0 Å². The Bertz CT molecular complexity index is 852. The SMILES string of the molecule is CN(c1ccccc1F)c1nc2ccccc2cc1C#N. The highest BCUT2D eigenvalue weighted by atomic mass is 19.1. The molecule has 0 aliphatic carbocycles. The molecule has 0 saturated carbocycles. The molecular weight excluding hydrogens is 265 g/mol. The highest BCUT2D eigenvalue weighted by molar-refractivity contribution is 5.84. The second-order valence-corrected chi connectivity index (χ2v) is 4.67. The first kappa shape index (κ1) is 13.1. The molecule has 0 spiro atoms. The first-order chi connectivity index (χ1) is 10.2. The van der Waals surface area contributed by atoms with Crippen LogP contribution in [0.4, 0.5) is 15.9 Å². The third kappa shape index (κ3) is 2.30. The van der Waals surface area contributed by atoms with Crippen molar-refractivity contribution < 1.29 is 4.39 Å². The Labute approximate surface area is 121 Å². The average molecular weight is 277 g/mol. The number of para-hydroxylation sites is 2. The minimum atomic E-state index is -0.348. The van der Waals surface area contributed by atoms with Crippen LogP contribution < -0.4 is 4.90 Å². The molecule has 0 aliphatic heterocycles. The number of fused-ring (bicyclic) bond motifs is 1. The lowest BCUT2D eigenvalue weighted by molar-refractivity contribution is 0.627. The van der Waals surface area contributed by atoms with E-state index in [2.05, 4.69) is 11.1 Å². The molecule has 102 valence electrons. The van der Waals surface area contributed by atoms with E-state index >= 15 is 0 Å². The predicted molar refractivity (Wildman–Crippen MR) is 80.9 cm³/mol. The minimum absolute atomic E-state index is 0.348. The molecule has 21 heavy (non-hydrogen) atoms. The van der Waals surface area contributed by atoms with Gasteiger partial charge in [0.25, 0.3) is 0 Å². The molecule has 4 heteroatoms. The Balaban J connectivity index is 2.20. The van der Waals surface area contributed by atoms with E-state index in [4.69, 9.17) is 0 Å². The van der Waals surface area contributed by atoms with E-state index in [1.54, 1.807) is 36.2 Å². The van der Waals surface area contributed by atoms with Crippen molar-refractivity contribution in [2.45, 2.75) is 0 Å². The fraction of sp³-hybridized carbons (Fsp3) is 0.0588. The van der Waals surface area contributed by atoms with Crippen molar-refractivity contribution in [3.05, 3.63) is 66.0 Å². The van der Waals surface area contributed by atoms with E-state index in [0.717, 1.165) is 10.9 Å². The molecule has 0 fully saturated rings. The standard InChI is InChI=1S/C17H12FN3/c1-21(16-9-5-3-7-14(16)18)17-13(11-19)10-12-6-2-4-8-15(12)20-17/h2-10H,1H3. The summed E-state index contributed by atoms with van der Waals surface area (Å²) in [7, 11) is 1.70. The number of pyridine rings is 1. The van der Waals surface area contributed by atoms with E-state index in [9.17, 15) is 9.65 Å². The molecule has 0 amide bonds. The molecule has 0 bridgehead atoms. The van der Waals surface area contributed by atoms with Crippen LogP contribution in [0.2, 0.25) is 0 Å². The van der Waals surface area contributed by atoms with Crippen LogP contribution in [-0.2, 0) is 0 Å². The summed E-state index contributed by atoms with van der Waals surface area (Å²) < 4.78 is 13.9. The van der Waals surface area contributed by atoms with E-state index < -0.39 is 0 Å².